The van der Waals surface area contributed by atoms with Crippen LogP contribution >= 0.6 is 0 Å². The number of para-hydroxylation sites is 1. The average molecular weight is 249 g/mol. The maximum Gasteiger partial charge on any atom is 0.0442 e. The highest BCUT2D eigenvalue weighted by atomic mass is 28.3. The Bertz CT molecular complexity index is 302. The zero-order valence-electron chi connectivity index (χ0n) is 11.9. The Labute approximate surface area is 108 Å². The van der Waals surface area contributed by atoms with Gasteiger partial charge in [0.1, 0.15) is 0 Å². The molecule has 96 valence electrons. The zero-order chi connectivity index (χ0) is 12.7. The van der Waals surface area contributed by atoms with Gasteiger partial charge in [-0.05, 0) is 25.5 Å². The van der Waals surface area contributed by atoms with Gasteiger partial charge in [0.25, 0.3) is 0 Å². The van der Waals surface area contributed by atoms with Crippen LogP contribution in [-0.2, 0) is 0 Å². The van der Waals surface area contributed by atoms with E-state index in [4.69, 9.17) is 0 Å². The molecule has 0 unspecified atom stereocenters. The van der Waals surface area contributed by atoms with Crippen LogP contribution in [0.1, 0.15) is 19.8 Å². The molecule has 1 aromatic rings. The highest BCUT2D eigenvalue weighted by Gasteiger charge is 2.12. The molecule has 1 nitrogen and oxygen atoms in total. The molecule has 2 heteroatoms. The third kappa shape index (κ3) is 5.92. The van der Waals surface area contributed by atoms with Gasteiger partial charge in [0.2, 0.25) is 0 Å². The van der Waals surface area contributed by atoms with Crippen molar-refractivity contribution in [2.45, 2.75) is 45.5 Å². The Morgan fingerprint density at radius 1 is 1.00 bits per heavy atom. The van der Waals surface area contributed by atoms with Crippen LogP contribution < -0.4 is 4.90 Å². The fourth-order valence-corrected chi connectivity index (χ4v) is 3.38. The van der Waals surface area contributed by atoms with Gasteiger partial charge in [-0.15, -0.1) is 0 Å². The first-order valence-electron chi connectivity index (χ1n) is 6.83. The smallest absolute Gasteiger partial charge is 0.0442 e. The minimum absolute atomic E-state index is 0.837. The van der Waals surface area contributed by atoms with Crippen LogP contribution in [0, 0.1) is 0 Å². The standard InChI is InChI=1S/C15H27NSi/c1-5-16(15-11-7-6-8-12-15)13-9-10-14-17(2,3)4/h6-8,11-12H,5,9-10,13-14H2,1-4H3. The summed E-state index contributed by atoms with van der Waals surface area (Å²) in [4.78, 5) is 2.48. The lowest BCUT2D eigenvalue weighted by molar-refractivity contribution is 0.727. The molecule has 0 aliphatic rings. The molecule has 0 N–H and O–H groups in total. The van der Waals surface area contributed by atoms with Crippen molar-refractivity contribution in [1.29, 1.82) is 0 Å². The Hall–Kier alpha value is -0.763. The molecule has 0 saturated carbocycles. The van der Waals surface area contributed by atoms with Crippen LogP contribution in [0.4, 0.5) is 5.69 Å². The lowest BCUT2D eigenvalue weighted by Crippen LogP contribution is -2.25. The minimum atomic E-state index is -0.837. The van der Waals surface area contributed by atoms with Gasteiger partial charge < -0.3 is 4.90 Å². The molecule has 0 aromatic heterocycles. The summed E-state index contributed by atoms with van der Waals surface area (Å²) in [7, 11) is -0.837. The highest BCUT2D eigenvalue weighted by Crippen LogP contribution is 2.16. The van der Waals surface area contributed by atoms with Gasteiger partial charge >= 0.3 is 0 Å². The minimum Gasteiger partial charge on any atom is -0.372 e. The van der Waals surface area contributed by atoms with Crippen LogP contribution in [0.15, 0.2) is 30.3 Å². The molecule has 0 heterocycles. The van der Waals surface area contributed by atoms with Gasteiger partial charge in [0.15, 0.2) is 0 Å². The summed E-state index contributed by atoms with van der Waals surface area (Å²) >= 11 is 0. The van der Waals surface area contributed by atoms with E-state index in [1.54, 1.807) is 0 Å². The van der Waals surface area contributed by atoms with Crippen LogP contribution in [0.3, 0.4) is 0 Å². The Kier molecular flexibility index (Phi) is 5.76. The first kappa shape index (κ1) is 14.3. The Balaban J connectivity index is 2.34. The summed E-state index contributed by atoms with van der Waals surface area (Å²) < 4.78 is 0. The number of hydrogen-bond acceptors (Lipinski definition) is 1. The van der Waals surface area contributed by atoms with Crippen LogP contribution in [-0.4, -0.2) is 21.2 Å². The summed E-state index contributed by atoms with van der Waals surface area (Å²) in [5, 5.41) is 0. The van der Waals surface area contributed by atoms with E-state index in [2.05, 4.69) is 61.8 Å². The van der Waals surface area contributed by atoms with E-state index < -0.39 is 8.07 Å². The Morgan fingerprint density at radius 3 is 2.18 bits per heavy atom. The largest absolute Gasteiger partial charge is 0.372 e. The molecule has 0 bridgehead atoms. The van der Waals surface area contributed by atoms with E-state index in [1.807, 2.05) is 0 Å². The molecule has 0 radical (unpaired) electrons. The van der Waals surface area contributed by atoms with E-state index in [0.29, 0.717) is 0 Å². The number of hydrogen-bond donors (Lipinski definition) is 0. The van der Waals surface area contributed by atoms with Crippen molar-refractivity contribution in [3.8, 4) is 0 Å². The van der Waals surface area contributed by atoms with Crippen molar-refractivity contribution < 1.29 is 0 Å². The molecule has 0 amide bonds. The predicted molar refractivity (Wildman–Crippen MR) is 81.7 cm³/mol. The number of benzene rings is 1. The third-order valence-corrected chi connectivity index (χ3v) is 4.96. The van der Waals surface area contributed by atoms with Crippen molar-refractivity contribution in [3.63, 3.8) is 0 Å². The summed E-state index contributed by atoms with van der Waals surface area (Å²) in [6.45, 7) is 11.9. The number of anilines is 1. The maximum atomic E-state index is 2.48. The monoisotopic (exact) mass is 249 g/mol. The summed E-state index contributed by atoms with van der Waals surface area (Å²) in [6, 6.07) is 12.2. The molecule has 0 aliphatic carbocycles. The number of rotatable bonds is 7. The molecule has 0 aliphatic heterocycles. The first-order valence-corrected chi connectivity index (χ1v) is 10.5. The predicted octanol–water partition coefficient (Wildman–Crippen LogP) is 4.63. The summed E-state index contributed by atoms with van der Waals surface area (Å²) in [5.41, 5.74) is 1.36. The average Bonchev–Trinajstić information content (AvgIpc) is 2.29. The van der Waals surface area contributed by atoms with Crippen LogP contribution in [0.2, 0.25) is 25.7 Å². The van der Waals surface area contributed by atoms with Crippen LogP contribution in [0.25, 0.3) is 0 Å². The second-order valence-corrected chi connectivity index (χ2v) is 11.6. The third-order valence-electron chi connectivity index (χ3n) is 3.11. The molecule has 0 spiro atoms. The van der Waals surface area contributed by atoms with Crippen molar-refractivity contribution in [2.75, 3.05) is 18.0 Å². The number of unbranched alkanes of at least 4 members (excludes halogenated alkanes) is 1. The molecule has 1 rings (SSSR count). The van der Waals surface area contributed by atoms with E-state index in [-0.39, 0.29) is 0 Å². The molecular weight excluding hydrogens is 222 g/mol. The molecule has 0 atom stereocenters. The Morgan fingerprint density at radius 2 is 1.65 bits per heavy atom. The summed E-state index contributed by atoms with van der Waals surface area (Å²) in [5.74, 6) is 0. The lowest BCUT2D eigenvalue weighted by atomic mass is 10.2. The van der Waals surface area contributed by atoms with Crippen molar-refractivity contribution in [2.24, 2.45) is 0 Å². The van der Waals surface area contributed by atoms with E-state index in [1.165, 1.54) is 31.1 Å². The quantitative estimate of drug-likeness (QED) is 0.503. The van der Waals surface area contributed by atoms with Crippen molar-refractivity contribution in [3.05, 3.63) is 30.3 Å². The normalized spacial score (nSPS) is 11.5. The molecule has 0 fully saturated rings. The van der Waals surface area contributed by atoms with Crippen molar-refractivity contribution >= 4 is 13.8 Å². The molecular formula is C15H27NSi. The van der Waals surface area contributed by atoms with Gasteiger partial charge in [0.05, 0.1) is 0 Å². The zero-order valence-corrected chi connectivity index (χ0v) is 12.9. The van der Waals surface area contributed by atoms with E-state index in [0.717, 1.165) is 6.54 Å². The summed E-state index contributed by atoms with van der Waals surface area (Å²) in [6.07, 6.45) is 2.71. The second-order valence-electron chi connectivity index (χ2n) is 5.93. The van der Waals surface area contributed by atoms with E-state index in [9.17, 15) is 0 Å². The second kappa shape index (κ2) is 6.85. The van der Waals surface area contributed by atoms with Gasteiger partial charge in [-0.2, -0.15) is 0 Å². The van der Waals surface area contributed by atoms with Crippen LogP contribution in [0.5, 0.6) is 0 Å². The topological polar surface area (TPSA) is 3.24 Å². The van der Waals surface area contributed by atoms with Gasteiger partial charge in [-0.3, -0.25) is 0 Å². The fourth-order valence-electron chi connectivity index (χ4n) is 2.07. The highest BCUT2D eigenvalue weighted by molar-refractivity contribution is 6.76. The number of nitrogens with zero attached hydrogens (tertiary/aromatic N) is 1. The van der Waals surface area contributed by atoms with Gasteiger partial charge in [-0.1, -0.05) is 50.3 Å². The lowest BCUT2D eigenvalue weighted by Gasteiger charge is -2.24. The van der Waals surface area contributed by atoms with Crippen molar-refractivity contribution in [1.82, 2.24) is 0 Å². The van der Waals surface area contributed by atoms with Gasteiger partial charge in [-0.25, -0.2) is 0 Å². The SMILES string of the molecule is CCN(CCCC[Si](C)(C)C)c1ccccc1. The molecule has 17 heavy (non-hydrogen) atoms. The molecule has 1 aromatic carbocycles. The van der Waals surface area contributed by atoms with Gasteiger partial charge in [0, 0.05) is 26.9 Å². The maximum absolute atomic E-state index is 2.48. The fraction of sp³-hybridized carbons (Fsp3) is 0.600. The first-order chi connectivity index (χ1) is 8.03. The van der Waals surface area contributed by atoms with E-state index >= 15 is 0 Å². The molecule has 0 saturated heterocycles.